The van der Waals surface area contributed by atoms with Gasteiger partial charge in [-0.3, -0.25) is 9.59 Å². The van der Waals surface area contributed by atoms with Crippen LogP contribution in [0.15, 0.2) is 18.2 Å². The minimum atomic E-state index is -2.22. The van der Waals surface area contributed by atoms with Gasteiger partial charge in [0.25, 0.3) is 5.91 Å². The zero-order valence-corrected chi connectivity index (χ0v) is 12.4. The van der Waals surface area contributed by atoms with Gasteiger partial charge in [0, 0.05) is 0 Å². The Labute approximate surface area is 140 Å². The number of amides is 2. The molecule has 0 atom stereocenters. The minimum absolute atomic E-state index is 0.0794. The summed E-state index contributed by atoms with van der Waals surface area (Å²) in [7, 11) is 0. The predicted octanol–water partition coefficient (Wildman–Crippen LogP) is 3.03. The van der Waals surface area contributed by atoms with E-state index in [1.807, 2.05) is 0 Å². The standard InChI is InChI=1S/C15H7F7N2O2/c16-6-1-2-8(13(21)11(6)19)24-9(25)4-23-15(26)5-3-7(17)12(20)14(22)10(5)18/h1-3H,4H2,(H,23,26)(H,24,25). The maximum absolute atomic E-state index is 13.4. The highest BCUT2D eigenvalue weighted by molar-refractivity contribution is 5.99. The summed E-state index contributed by atoms with van der Waals surface area (Å²) < 4.78 is 91.5. The molecule has 0 heterocycles. The molecule has 2 aromatic carbocycles. The highest BCUT2D eigenvalue weighted by Crippen LogP contribution is 2.20. The maximum atomic E-state index is 13.4. The van der Waals surface area contributed by atoms with E-state index in [1.165, 1.54) is 0 Å². The van der Waals surface area contributed by atoms with Crippen LogP contribution >= 0.6 is 0 Å². The first-order valence-corrected chi connectivity index (χ1v) is 6.68. The Hall–Kier alpha value is -3.11. The fourth-order valence-corrected chi connectivity index (χ4v) is 1.81. The molecule has 0 bridgehead atoms. The summed E-state index contributed by atoms with van der Waals surface area (Å²) in [6.07, 6.45) is 0. The third kappa shape index (κ3) is 3.76. The van der Waals surface area contributed by atoms with Crippen molar-refractivity contribution in [2.45, 2.75) is 0 Å². The summed E-state index contributed by atoms with van der Waals surface area (Å²) in [6, 6.07) is 1.32. The third-order valence-electron chi connectivity index (χ3n) is 3.07. The number of benzene rings is 2. The average molecular weight is 380 g/mol. The number of nitrogens with one attached hydrogen (secondary N) is 2. The van der Waals surface area contributed by atoms with Gasteiger partial charge in [-0.15, -0.1) is 0 Å². The lowest BCUT2D eigenvalue weighted by Crippen LogP contribution is -2.33. The Bertz CT molecular complexity index is 902. The molecule has 0 saturated heterocycles. The van der Waals surface area contributed by atoms with E-state index in [4.69, 9.17) is 0 Å². The van der Waals surface area contributed by atoms with Gasteiger partial charge < -0.3 is 10.6 Å². The van der Waals surface area contributed by atoms with Crippen molar-refractivity contribution < 1.29 is 40.3 Å². The second-order valence-corrected chi connectivity index (χ2v) is 4.80. The molecular weight excluding hydrogens is 373 g/mol. The van der Waals surface area contributed by atoms with Crippen LogP contribution in [0, 0.1) is 40.7 Å². The molecule has 138 valence electrons. The lowest BCUT2D eigenvalue weighted by Gasteiger charge is -2.09. The first-order valence-electron chi connectivity index (χ1n) is 6.68. The molecule has 0 fully saturated rings. The van der Waals surface area contributed by atoms with Gasteiger partial charge in [-0.1, -0.05) is 0 Å². The summed E-state index contributed by atoms with van der Waals surface area (Å²) in [5.41, 5.74) is -1.96. The van der Waals surface area contributed by atoms with Gasteiger partial charge in [-0.05, 0) is 18.2 Å². The van der Waals surface area contributed by atoms with Crippen molar-refractivity contribution in [3.8, 4) is 0 Å². The highest BCUT2D eigenvalue weighted by atomic mass is 19.2. The Morgan fingerprint density at radius 1 is 0.769 bits per heavy atom. The van der Waals surface area contributed by atoms with Gasteiger partial charge in [0.1, 0.15) is 0 Å². The first kappa shape index (κ1) is 19.2. The van der Waals surface area contributed by atoms with Crippen LogP contribution in [0.2, 0.25) is 0 Å². The average Bonchev–Trinajstić information content (AvgIpc) is 2.61. The monoisotopic (exact) mass is 380 g/mol. The van der Waals surface area contributed by atoms with Crippen molar-refractivity contribution in [1.29, 1.82) is 0 Å². The Morgan fingerprint density at radius 2 is 1.38 bits per heavy atom. The number of halogens is 7. The molecule has 0 aliphatic heterocycles. The van der Waals surface area contributed by atoms with E-state index in [0.29, 0.717) is 12.1 Å². The molecule has 2 rings (SSSR count). The fourth-order valence-electron chi connectivity index (χ4n) is 1.81. The van der Waals surface area contributed by atoms with E-state index in [0.717, 1.165) is 0 Å². The predicted molar refractivity (Wildman–Crippen MR) is 73.6 cm³/mol. The molecule has 11 heteroatoms. The zero-order chi connectivity index (χ0) is 19.6. The van der Waals surface area contributed by atoms with Gasteiger partial charge in [0.2, 0.25) is 5.91 Å². The molecule has 0 saturated carbocycles. The van der Waals surface area contributed by atoms with E-state index in [2.05, 4.69) is 0 Å². The van der Waals surface area contributed by atoms with Crippen LogP contribution in [-0.2, 0) is 4.79 Å². The Balaban J connectivity index is 2.06. The van der Waals surface area contributed by atoms with Gasteiger partial charge in [0.05, 0.1) is 17.8 Å². The third-order valence-corrected chi connectivity index (χ3v) is 3.07. The van der Waals surface area contributed by atoms with Crippen molar-refractivity contribution >= 4 is 17.5 Å². The molecule has 4 nitrogen and oxygen atoms in total. The zero-order valence-electron chi connectivity index (χ0n) is 12.4. The lowest BCUT2D eigenvalue weighted by atomic mass is 10.1. The molecule has 0 radical (unpaired) electrons. The molecule has 0 unspecified atom stereocenters. The van der Waals surface area contributed by atoms with Gasteiger partial charge >= 0.3 is 0 Å². The van der Waals surface area contributed by atoms with Crippen molar-refractivity contribution in [2.24, 2.45) is 0 Å². The highest BCUT2D eigenvalue weighted by Gasteiger charge is 2.23. The van der Waals surface area contributed by atoms with Gasteiger partial charge in [-0.2, -0.15) is 0 Å². The number of rotatable bonds is 4. The van der Waals surface area contributed by atoms with Crippen molar-refractivity contribution in [3.05, 3.63) is 64.5 Å². The topological polar surface area (TPSA) is 58.2 Å². The van der Waals surface area contributed by atoms with Crippen LogP contribution < -0.4 is 10.6 Å². The minimum Gasteiger partial charge on any atom is -0.343 e. The van der Waals surface area contributed by atoms with Crippen LogP contribution in [0.4, 0.5) is 36.4 Å². The van der Waals surface area contributed by atoms with Crippen molar-refractivity contribution in [2.75, 3.05) is 11.9 Å². The summed E-state index contributed by atoms with van der Waals surface area (Å²) in [5.74, 6) is -15.8. The fraction of sp³-hybridized carbons (Fsp3) is 0.0667. The number of hydrogen-bond donors (Lipinski definition) is 2. The maximum Gasteiger partial charge on any atom is 0.254 e. The largest absolute Gasteiger partial charge is 0.343 e. The normalized spacial score (nSPS) is 10.6. The second-order valence-electron chi connectivity index (χ2n) is 4.80. The van der Waals surface area contributed by atoms with Crippen LogP contribution in [-0.4, -0.2) is 18.4 Å². The molecule has 2 amide bonds. The number of carbonyl (C=O) groups is 2. The van der Waals surface area contributed by atoms with Crippen LogP contribution in [0.1, 0.15) is 10.4 Å². The van der Waals surface area contributed by atoms with E-state index < -0.39 is 70.3 Å². The molecule has 0 aliphatic carbocycles. The van der Waals surface area contributed by atoms with E-state index in [9.17, 15) is 40.3 Å². The molecule has 26 heavy (non-hydrogen) atoms. The van der Waals surface area contributed by atoms with Crippen LogP contribution in [0.5, 0.6) is 0 Å². The van der Waals surface area contributed by atoms with E-state index in [-0.39, 0.29) is 6.07 Å². The van der Waals surface area contributed by atoms with Crippen molar-refractivity contribution in [1.82, 2.24) is 5.32 Å². The molecule has 0 spiro atoms. The SMILES string of the molecule is O=C(CNC(=O)c1cc(F)c(F)c(F)c1F)Nc1ccc(F)c(F)c1F. The molecule has 0 aromatic heterocycles. The Kier molecular flexibility index (Phi) is 5.48. The first-order chi connectivity index (χ1) is 12.1. The smallest absolute Gasteiger partial charge is 0.254 e. The summed E-state index contributed by atoms with van der Waals surface area (Å²) >= 11 is 0. The van der Waals surface area contributed by atoms with E-state index in [1.54, 1.807) is 10.6 Å². The van der Waals surface area contributed by atoms with Gasteiger partial charge in [0.15, 0.2) is 40.7 Å². The number of anilines is 1. The lowest BCUT2D eigenvalue weighted by molar-refractivity contribution is -0.115. The number of hydrogen-bond acceptors (Lipinski definition) is 2. The molecule has 2 N–H and O–H groups in total. The molecular formula is C15H7F7N2O2. The molecule has 0 aliphatic rings. The van der Waals surface area contributed by atoms with Gasteiger partial charge in [-0.25, -0.2) is 30.7 Å². The van der Waals surface area contributed by atoms with Crippen molar-refractivity contribution in [3.63, 3.8) is 0 Å². The van der Waals surface area contributed by atoms with Crippen LogP contribution in [0.25, 0.3) is 0 Å². The molecule has 2 aromatic rings. The van der Waals surface area contributed by atoms with E-state index >= 15 is 0 Å². The second kappa shape index (κ2) is 7.42. The summed E-state index contributed by atoms with van der Waals surface area (Å²) in [6.45, 7) is -0.947. The quantitative estimate of drug-likeness (QED) is 0.487. The number of carbonyl (C=O) groups excluding carboxylic acids is 2. The summed E-state index contributed by atoms with van der Waals surface area (Å²) in [5, 5.41) is 3.54. The van der Waals surface area contributed by atoms with Crippen LogP contribution in [0.3, 0.4) is 0 Å². The Morgan fingerprint density at radius 3 is 2.04 bits per heavy atom. The summed E-state index contributed by atoms with van der Waals surface area (Å²) in [4.78, 5) is 23.2.